The molecule has 0 bridgehead atoms. The van der Waals surface area contributed by atoms with Gasteiger partial charge < -0.3 is 4.74 Å². The van der Waals surface area contributed by atoms with Gasteiger partial charge in [0.2, 0.25) is 10.0 Å². The molecule has 0 fully saturated rings. The van der Waals surface area contributed by atoms with Gasteiger partial charge in [-0.3, -0.25) is 0 Å². The van der Waals surface area contributed by atoms with Crippen LogP contribution < -0.4 is 9.46 Å². The van der Waals surface area contributed by atoms with Gasteiger partial charge in [0.05, 0.1) is 11.5 Å². The molecule has 0 heterocycles. The predicted octanol–water partition coefficient (Wildman–Crippen LogP) is 2.86. The van der Waals surface area contributed by atoms with Gasteiger partial charge >= 0.3 is 0 Å². The molecular formula is C14H23NO3S. The van der Waals surface area contributed by atoms with Gasteiger partial charge in [0.1, 0.15) is 5.75 Å². The summed E-state index contributed by atoms with van der Waals surface area (Å²) in [4.78, 5) is 0.286. The average molecular weight is 285 g/mol. The molecule has 0 spiro atoms. The summed E-state index contributed by atoms with van der Waals surface area (Å²) in [6.07, 6.45) is 1.69. The van der Waals surface area contributed by atoms with Gasteiger partial charge in [-0.1, -0.05) is 13.8 Å². The quantitative estimate of drug-likeness (QED) is 0.838. The van der Waals surface area contributed by atoms with Crippen molar-refractivity contribution in [3.63, 3.8) is 0 Å². The van der Waals surface area contributed by atoms with Crippen LogP contribution in [0.15, 0.2) is 23.1 Å². The van der Waals surface area contributed by atoms with Crippen LogP contribution in [0.5, 0.6) is 5.75 Å². The lowest BCUT2D eigenvalue weighted by atomic mass is 10.2. The van der Waals surface area contributed by atoms with E-state index in [0.29, 0.717) is 6.61 Å². The Morgan fingerprint density at radius 3 is 2.53 bits per heavy atom. The van der Waals surface area contributed by atoms with Crippen LogP contribution in [0.4, 0.5) is 0 Å². The summed E-state index contributed by atoms with van der Waals surface area (Å²) < 4.78 is 32.4. The van der Waals surface area contributed by atoms with E-state index in [2.05, 4.69) is 4.72 Å². The summed E-state index contributed by atoms with van der Waals surface area (Å²) in [6, 6.07) is 4.88. The maximum absolute atomic E-state index is 12.1. The number of ether oxygens (including phenoxy) is 1. The second-order valence-corrected chi connectivity index (χ2v) is 6.42. The van der Waals surface area contributed by atoms with Crippen LogP contribution >= 0.6 is 0 Å². The van der Waals surface area contributed by atoms with Gasteiger partial charge in [-0.15, -0.1) is 0 Å². The molecule has 0 aliphatic rings. The topological polar surface area (TPSA) is 55.4 Å². The highest BCUT2D eigenvalue weighted by molar-refractivity contribution is 7.89. The maximum Gasteiger partial charge on any atom is 0.240 e. The molecule has 108 valence electrons. The van der Waals surface area contributed by atoms with Gasteiger partial charge in [0, 0.05) is 6.04 Å². The normalized spacial score (nSPS) is 13.3. The second kappa shape index (κ2) is 6.91. The van der Waals surface area contributed by atoms with E-state index in [1.807, 2.05) is 27.7 Å². The molecule has 1 aromatic rings. The molecule has 1 atom stereocenters. The van der Waals surface area contributed by atoms with E-state index in [-0.39, 0.29) is 10.9 Å². The highest BCUT2D eigenvalue weighted by atomic mass is 32.2. The number of sulfonamides is 1. The standard InChI is InChI=1S/C14H23NO3S/c1-5-9-18-14-8-7-13(10-11(14)3)19(16,17)15-12(4)6-2/h7-8,10,12,15H,5-6,9H2,1-4H3. The van der Waals surface area contributed by atoms with Gasteiger partial charge in [-0.2, -0.15) is 0 Å². The van der Waals surface area contributed by atoms with E-state index >= 15 is 0 Å². The van der Waals surface area contributed by atoms with Gasteiger partial charge in [-0.25, -0.2) is 13.1 Å². The van der Waals surface area contributed by atoms with Crippen molar-refractivity contribution in [2.24, 2.45) is 0 Å². The fourth-order valence-corrected chi connectivity index (χ4v) is 2.99. The minimum Gasteiger partial charge on any atom is -0.493 e. The van der Waals surface area contributed by atoms with Gasteiger partial charge in [-0.05, 0) is 50.5 Å². The van der Waals surface area contributed by atoms with Crippen molar-refractivity contribution in [2.75, 3.05) is 6.61 Å². The highest BCUT2D eigenvalue weighted by Crippen LogP contribution is 2.22. The first kappa shape index (κ1) is 16.0. The molecule has 1 N–H and O–H groups in total. The Morgan fingerprint density at radius 1 is 1.32 bits per heavy atom. The Bertz CT molecular complexity index is 511. The molecule has 0 saturated carbocycles. The number of benzene rings is 1. The molecule has 1 rings (SSSR count). The number of nitrogens with one attached hydrogen (secondary N) is 1. The SMILES string of the molecule is CCCOc1ccc(S(=O)(=O)NC(C)CC)cc1C. The molecule has 1 aromatic carbocycles. The lowest BCUT2D eigenvalue weighted by Gasteiger charge is -2.14. The van der Waals surface area contributed by atoms with Crippen LogP contribution in [0.25, 0.3) is 0 Å². The largest absolute Gasteiger partial charge is 0.493 e. The first-order chi connectivity index (χ1) is 8.90. The monoisotopic (exact) mass is 285 g/mol. The third-order valence-corrected chi connectivity index (χ3v) is 4.47. The molecule has 19 heavy (non-hydrogen) atoms. The zero-order chi connectivity index (χ0) is 14.5. The highest BCUT2D eigenvalue weighted by Gasteiger charge is 2.17. The number of aryl methyl sites for hydroxylation is 1. The van der Waals surface area contributed by atoms with Crippen molar-refractivity contribution in [2.45, 2.75) is 51.5 Å². The van der Waals surface area contributed by atoms with Crippen LogP contribution in [0.2, 0.25) is 0 Å². The van der Waals surface area contributed by atoms with Gasteiger partial charge in [0.15, 0.2) is 0 Å². The third kappa shape index (κ3) is 4.51. The Hall–Kier alpha value is -1.07. The number of hydrogen-bond acceptors (Lipinski definition) is 3. The Balaban J connectivity index is 2.93. The zero-order valence-electron chi connectivity index (χ0n) is 12.1. The van der Waals surface area contributed by atoms with E-state index in [1.165, 1.54) is 0 Å². The second-order valence-electron chi connectivity index (χ2n) is 4.71. The fourth-order valence-electron chi connectivity index (χ4n) is 1.58. The Morgan fingerprint density at radius 2 is 2.00 bits per heavy atom. The molecular weight excluding hydrogens is 262 g/mol. The molecule has 4 nitrogen and oxygen atoms in total. The summed E-state index contributed by atoms with van der Waals surface area (Å²) in [6.45, 7) is 8.32. The van der Waals surface area contributed by atoms with Crippen LogP contribution in [-0.4, -0.2) is 21.1 Å². The Labute approximate surface area is 116 Å². The lowest BCUT2D eigenvalue weighted by molar-refractivity contribution is 0.315. The van der Waals surface area contributed by atoms with E-state index in [0.717, 1.165) is 24.2 Å². The number of hydrogen-bond donors (Lipinski definition) is 1. The summed E-state index contributed by atoms with van der Waals surface area (Å²) >= 11 is 0. The predicted molar refractivity (Wildman–Crippen MR) is 77.0 cm³/mol. The van der Waals surface area contributed by atoms with Gasteiger partial charge in [0.25, 0.3) is 0 Å². The first-order valence-electron chi connectivity index (χ1n) is 6.66. The van der Waals surface area contributed by atoms with Crippen molar-refractivity contribution in [3.05, 3.63) is 23.8 Å². The van der Waals surface area contributed by atoms with Crippen LogP contribution in [0, 0.1) is 6.92 Å². The maximum atomic E-state index is 12.1. The molecule has 0 amide bonds. The van der Waals surface area contributed by atoms with Crippen molar-refractivity contribution in [3.8, 4) is 5.75 Å². The molecule has 0 aromatic heterocycles. The van der Waals surface area contributed by atoms with Crippen molar-refractivity contribution in [1.82, 2.24) is 4.72 Å². The minimum absolute atomic E-state index is 0.0682. The molecule has 0 radical (unpaired) electrons. The van der Waals surface area contributed by atoms with Crippen LogP contribution in [0.3, 0.4) is 0 Å². The summed E-state index contributed by atoms with van der Waals surface area (Å²) in [7, 11) is -3.44. The minimum atomic E-state index is -3.44. The Kier molecular flexibility index (Phi) is 5.82. The van der Waals surface area contributed by atoms with Crippen LogP contribution in [0.1, 0.15) is 39.2 Å². The van der Waals surface area contributed by atoms with E-state index < -0.39 is 10.0 Å². The van der Waals surface area contributed by atoms with E-state index in [1.54, 1.807) is 18.2 Å². The summed E-state index contributed by atoms with van der Waals surface area (Å²) in [5.41, 5.74) is 0.834. The average Bonchev–Trinajstić information content (AvgIpc) is 2.36. The summed E-state index contributed by atoms with van der Waals surface area (Å²) in [5, 5.41) is 0. The smallest absolute Gasteiger partial charge is 0.240 e. The van der Waals surface area contributed by atoms with E-state index in [4.69, 9.17) is 4.74 Å². The van der Waals surface area contributed by atoms with Crippen LogP contribution in [-0.2, 0) is 10.0 Å². The first-order valence-corrected chi connectivity index (χ1v) is 8.14. The number of rotatable bonds is 7. The molecule has 0 aliphatic heterocycles. The van der Waals surface area contributed by atoms with E-state index in [9.17, 15) is 8.42 Å². The fraction of sp³-hybridized carbons (Fsp3) is 0.571. The molecule has 1 unspecified atom stereocenters. The lowest BCUT2D eigenvalue weighted by Crippen LogP contribution is -2.32. The molecule has 0 aliphatic carbocycles. The summed E-state index contributed by atoms with van der Waals surface area (Å²) in [5.74, 6) is 0.740. The molecule has 0 saturated heterocycles. The molecule has 5 heteroatoms. The zero-order valence-corrected chi connectivity index (χ0v) is 12.9. The third-order valence-electron chi connectivity index (χ3n) is 2.89. The van der Waals surface area contributed by atoms with Crippen molar-refractivity contribution < 1.29 is 13.2 Å². The van der Waals surface area contributed by atoms with Crippen molar-refractivity contribution >= 4 is 10.0 Å². The van der Waals surface area contributed by atoms with Crippen molar-refractivity contribution in [1.29, 1.82) is 0 Å².